The second-order valence-electron chi connectivity index (χ2n) is 3.04. The van der Waals surface area contributed by atoms with Gasteiger partial charge in [0.2, 0.25) is 5.89 Å². The fourth-order valence-electron chi connectivity index (χ4n) is 0.871. The second kappa shape index (κ2) is 4.52. The summed E-state index contributed by atoms with van der Waals surface area (Å²) in [5.41, 5.74) is 0. The molecule has 0 aliphatic carbocycles. The standard InChI is InChI=1S/C7H13N3O3S/c1-6-9-7(10-13-6)5-8-3-4-14(2,11)12/h8H,3-5H2,1-2H3. The van der Waals surface area contributed by atoms with E-state index in [1.54, 1.807) is 6.92 Å². The maximum absolute atomic E-state index is 10.8. The minimum atomic E-state index is -2.90. The summed E-state index contributed by atoms with van der Waals surface area (Å²) in [6, 6.07) is 0. The summed E-state index contributed by atoms with van der Waals surface area (Å²) in [6.45, 7) is 2.52. The van der Waals surface area contributed by atoms with E-state index in [2.05, 4.69) is 15.5 Å². The van der Waals surface area contributed by atoms with Gasteiger partial charge in [-0.1, -0.05) is 5.16 Å². The van der Waals surface area contributed by atoms with E-state index in [-0.39, 0.29) is 5.75 Å². The summed E-state index contributed by atoms with van der Waals surface area (Å²) in [4.78, 5) is 3.95. The van der Waals surface area contributed by atoms with Crippen molar-refractivity contribution in [3.8, 4) is 0 Å². The molecule has 0 saturated carbocycles. The Hall–Kier alpha value is -0.950. The van der Waals surface area contributed by atoms with Gasteiger partial charge in [0, 0.05) is 19.7 Å². The van der Waals surface area contributed by atoms with Gasteiger partial charge >= 0.3 is 0 Å². The first-order valence-corrected chi connectivity index (χ1v) is 6.21. The van der Waals surface area contributed by atoms with Crippen LogP contribution in [0.1, 0.15) is 11.7 Å². The molecule has 1 rings (SSSR count). The van der Waals surface area contributed by atoms with E-state index in [0.29, 0.717) is 24.8 Å². The van der Waals surface area contributed by atoms with Crippen LogP contribution >= 0.6 is 0 Å². The topological polar surface area (TPSA) is 85.1 Å². The molecule has 0 saturated heterocycles. The highest BCUT2D eigenvalue weighted by Crippen LogP contribution is 1.93. The average Bonchev–Trinajstić information content (AvgIpc) is 2.44. The molecule has 0 fully saturated rings. The molecule has 0 aliphatic heterocycles. The van der Waals surface area contributed by atoms with E-state index in [9.17, 15) is 8.42 Å². The molecule has 1 aromatic heterocycles. The maximum Gasteiger partial charge on any atom is 0.223 e. The lowest BCUT2D eigenvalue weighted by molar-refractivity contribution is 0.386. The van der Waals surface area contributed by atoms with Gasteiger partial charge in [-0.2, -0.15) is 4.98 Å². The molecule has 0 aliphatic rings. The van der Waals surface area contributed by atoms with E-state index in [0.717, 1.165) is 0 Å². The molecule has 0 spiro atoms. The Bertz CT molecular complexity index is 385. The first kappa shape index (κ1) is 11.1. The van der Waals surface area contributed by atoms with E-state index >= 15 is 0 Å². The summed E-state index contributed by atoms with van der Waals surface area (Å²) in [6.07, 6.45) is 1.20. The first-order valence-electron chi connectivity index (χ1n) is 4.15. The fourth-order valence-corrected chi connectivity index (χ4v) is 1.39. The molecule has 0 radical (unpaired) electrons. The third-order valence-corrected chi connectivity index (χ3v) is 2.45. The lowest BCUT2D eigenvalue weighted by Crippen LogP contribution is -2.22. The molecular weight excluding hydrogens is 206 g/mol. The van der Waals surface area contributed by atoms with Crippen molar-refractivity contribution in [1.29, 1.82) is 0 Å². The van der Waals surface area contributed by atoms with E-state index in [4.69, 9.17) is 4.52 Å². The van der Waals surface area contributed by atoms with E-state index < -0.39 is 9.84 Å². The molecule has 7 heteroatoms. The van der Waals surface area contributed by atoms with Crippen LogP contribution in [0.4, 0.5) is 0 Å². The summed E-state index contributed by atoms with van der Waals surface area (Å²) in [5, 5.41) is 6.56. The smallest absolute Gasteiger partial charge is 0.223 e. The normalized spacial score (nSPS) is 11.9. The van der Waals surface area contributed by atoms with Crippen molar-refractivity contribution < 1.29 is 12.9 Å². The van der Waals surface area contributed by atoms with Crippen LogP contribution in [0.15, 0.2) is 4.52 Å². The van der Waals surface area contributed by atoms with Gasteiger partial charge in [-0.05, 0) is 0 Å². The average molecular weight is 219 g/mol. The first-order chi connectivity index (χ1) is 6.47. The highest BCUT2D eigenvalue weighted by Gasteiger charge is 2.03. The number of hydrogen-bond acceptors (Lipinski definition) is 6. The number of sulfone groups is 1. The monoisotopic (exact) mass is 219 g/mol. The van der Waals surface area contributed by atoms with Crippen LogP contribution in [0.2, 0.25) is 0 Å². The molecule has 14 heavy (non-hydrogen) atoms. The number of aromatic nitrogens is 2. The van der Waals surface area contributed by atoms with Crippen molar-refractivity contribution in [1.82, 2.24) is 15.5 Å². The minimum Gasteiger partial charge on any atom is -0.340 e. The number of aryl methyl sites for hydroxylation is 1. The predicted molar refractivity (Wildman–Crippen MR) is 50.5 cm³/mol. The maximum atomic E-state index is 10.8. The SMILES string of the molecule is Cc1nc(CNCCS(C)(=O)=O)no1. The summed E-state index contributed by atoms with van der Waals surface area (Å²) < 4.78 is 26.3. The zero-order valence-corrected chi connectivity index (χ0v) is 8.97. The van der Waals surface area contributed by atoms with E-state index in [1.807, 2.05) is 0 Å². The molecule has 0 bridgehead atoms. The molecule has 6 nitrogen and oxygen atoms in total. The van der Waals surface area contributed by atoms with Crippen LogP contribution in [-0.4, -0.2) is 37.1 Å². The summed E-state index contributed by atoms with van der Waals surface area (Å²) >= 11 is 0. The number of hydrogen-bond donors (Lipinski definition) is 1. The van der Waals surface area contributed by atoms with Crippen molar-refractivity contribution in [2.24, 2.45) is 0 Å². The molecule has 0 aromatic carbocycles. The van der Waals surface area contributed by atoms with Gasteiger partial charge in [0.05, 0.1) is 12.3 Å². The van der Waals surface area contributed by atoms with Crippen molar-refractivity contribution >= 4 is 9.84 Å². The van der Waals surface area contributed by atoms with Crippen LogP contribution in [0.25, 0.3) is 0 Å². The van der Waals surface area contributed by atoms with Crippen molar-refractivity contribution in [2.45, 2.75) is 13.5 Å². The Morgan fingerprint density at radius 1 is 1.50 bits per heavy atom. The van der Waals surface area contributed by atoms with Gasteiger partial charge < -0.3 is 9.84 Å². The Morgan fingerprint density at radius 2 is 2.21 bits per heavy atom. The Kier molecular flexibility index (Phi) is 3.59. The Balaban J connectivity index is 2.23. The van der Waals surface area contributed by atoms with Gasteiger partial charge in [-0.25, -0.2) is 8.42 Å². The lowest BCUT2D eigenvalue weighted by Gasteiger charge is -1.99. The van der Waals surface area contributed by atoms with Crippen LogP contribution < -0.4 is 5.32 Å². The molecule has 0 unspecified atom stereocenters. The van der Waals surface area contributed by atoms with Crippen molar-refractivity contribution in [3.05, 3.63) is 11.7 Å². The highest BCUT2D eigenvalue weighted by molar-refractivity contribution is 7.90. The van der Waals surface area contributed by atoms with Gasteiger partial charge in [0.1, 0.15) is 9.84 Å². The predicted octanol–water partition coefficient (Wildman–Crippen LogP) is -0.488. The second-order valence-corrected chi connectivity index (χ2v) is 5.30. The van der Waals surface area contributed by atoms with Gasteiger partial charge in [-0.15, -0.1) is 0 Å². The quantitative estimate of drug-likeness (QED) is 0.673. The minimum absolute atomic E-state index is 0.115. The third-order valence-electron chi connectivity index (χ3n) is 1.50. The molecule has 1 N–H and O–H groups in total. The van der Waals surface area contributed by atoms with Crippen LogP contribution in [0.5, 0.6) is 0 Å². The third kappa shape index (κ3) is 4.33. The molecule has 1 heterocycles. The Morgan fingerprint density at radius 3 is 2.71 bits per heavy atom. The highest BCUT2D eigenvalue weighted by atomic mass is 32.2. The molecule has 1 aromatic rings. The zero-order valence-electron chi connectivity index (χ0n) is 8.15. The van der Waals surface area contributed by atoms with Crippen molar-refractivity contribution in [3.63, 3.8) is 0 Å². The molecular formula is C7H13N3O3S. The fraction of sp³-hybridized carbons (Fsp3) is 0.714. The van der Waals surface area contributed by atoms with Crippen LogP contribution in [-0.2, 0) is 16.4 Å². The summed E-state index contributed by atoms with van der Waals surface area (Å²) in [7, 11) is -2.90. The van der Waals surface area contributed by atoms with Gasteiger partial charge in [-0.3, -0.25) is 0 Å². The molecule has 0 atom stereocenters. The number of nitrogens with one attached hydrogen (secondary N) is 1. The van der Waals surface area contributed by atoms with Gasteiger partial charge in [0.15, 0.2) is 5.82 Å². The largest absolute Gasteiger partial charge is 0.340 e. The Labute approximate surface area is 82.6 Å². The lowest BCUT2D eigenvalue weighted by atomic mass is 10.6. The molecule has 0 amide bonds. The van der Waals surface area contributed by atoms with Gasteiger partial charge in [0.25, 0.3) is 0 Å². The summed E-state index contributed by atoms with van der Waals surface area (Å²) in [5.74, 6) is 1.16. The van der Waals surface area contributed by atoms with Crippen molar-refractivity contribution in [2.75, 3.05) is 18.6 Å². The van der Waals surface area contributed by atoms with Crippen LogP contribution in [0, 0.1) is 6.92 Å². The number of rotatable bonds is 5. The molecule has 80 valence electrons. The number of nitrogens with zero attached hydrogens (tertiary/aromatic N) is 2. The zero-order chi connectivity index (χ0) is 10.6. The van der Waals surface area contributed by atoms with Crippen LogP contribution in [0.3, 0.4) is 0 Å². The van der Waals surface area contributed by atoms with E-state index in [1.165, 1.54) is 6.26 Å².